The van der Waals surface area contributed by atoms with Crippen molar-refractivity contribution in [2.75, 3.05) is 40.5 Å². The van der Waals surface area contributed by atoms with Gasteiger partial charge in [-0.3, -0.25) is 4.99 Å². The van der Waals surface area contributed by atoms with Crippen molar-refractivity contribution >= 4 is 5.96 Å². The fraction of sp³-hybridized carbons (Fsp3) is 0.667. The molecule has 3 N–H and O–H groups in total. The summed E-state index contributed by atoms with van der Waals surface area (Å²) in [5.74, 6) is 1.56. The van der Waals surface area contributed by atoms with Crippen molar-refractivity contribution in [1.82, 2.24) is 10.6 Å². The third-order valence-corrected chi connectivity index (χ3v) is 5.41. The Kier molecular flexibility index (Phi) is 8.72. The number of benzene rings is 1. The Balaban J connectivity index is 1.93. The number of nitrogens with one attached hydrogen (secondary N) is 2. The van der Waals surface area contributed by atoms with Gasteiger partial charge in [0.1, 0.15) is 0 Å². The molecule has 1 aliphatic carbocycles. The normalized spacial score (nSPS) is 16.3. The molecule has 152 valence electrons. The summed E-state index contributed by atoms with van der Waals surface area (Å²) in [7, 11) is 3.33. The van der Waals surface area contributed by atoms with Crippen LogP contribution >= 0.6 is 0 Å². The Labute approximate surface area is 163 Å². The van der Waals surface area contributed by atoms with E-state index < -0.39 is 0 Å². The Hall–Kier alpha value is -1.95. The molecule has 6 nitrogen and oxygen atoms in total. The monoisotopic (exact) mass is 377 g/mol. The number of phenols is 1. The molecule has 1 aromatic rings. The predicted molar refractivity (Wildman–Crippen MR) is 110 cm³/mol. The fourth-order valence-electron chi connectivity index (χ4n) is 3.77. The smallest absolute Gasteiger partial charge is 0.191 e. The number of hydrogen-bond donors (Lipinski definition) is 3. The molecule has 0 amide bonds. The van der Waals surface area contributed by atoms with Gasteiger partial charge in [0.05, 0.1) is 7.11 Å². The van der Waals surface area contributed by atoms with Crippen LogP contribution in [0.25, 0.3) is 0 Å². The Morgan fingerprint density at radius 3 is 2.67 bits per heavy atom. The number of aromatic hydroxyl groups is 1. The molecule has 1 fully saturated rings. The number of ether oxygens (including phenoxy) is 2. The molecule has 0 atom stereocenters. The minimum atomic E-state index is 0.216. The van der Waals surface area contributed by atoms with Gasteiger partial charge >= 0.3 is 0 Å². The molecule has 0 aromatic heterocycles. The lowest BCUT2D eigenvalue weighted by molar-refractivity contribution is 0.141. The van der Waals surface area contributed by atoms with Crippen LogP contribution < -0.4 is 15.4 Å². The van der Waals surface area contributed by atoms with Crippen LogP contribution in [-0.2, 0) is 11.2 Å². The second-order valence-corrected chi connectivity index (χ2v) is 7.29. The molecule has 0 unspecified atom stereocenters. The molecule has 0 spiro atoms. The lowest BCUT2D eigenvalue weighted by Gasteiger charge is -2.27. The molecular formula is C21H35N3O3. The van der Waals surface area contributed by atoms with Crippen molar-refractivity contribution in [3.05, 3.63) is 23.8 Å². The summed E-state index contributed by atoms with van der Waals surface area (Å²) in [6.07, 6.45) is 6.82. The number of hydrogen-bond acceptors (Lipinski definition) is 4. The van der Waals surface area contributed by atoms with Crippen LogP contribution in [0.1, 0.15) is 44.6 Å². The number of methoxy groups -OCH3 is 2. The molecule has 0 saturated heterocycles. The maximum Gasteiger partial charge on any atom is 0.191 e. The molecule has 6 heteroatoms. The number of para-hydroxylation sites is 1. The largest absolute Gasteiger partial charge is 0.504 e. The van der Waals surface area contributed by atoms with Crippen molar-refractivity contribution in [2.45, 2.75) is 45.4 Å². The van der Waals surface area contributed by atoms with Crippen molar-refractivity contribution in [3.8, 4) is 11.5 Å². The molecule has 0 aliphatic heterocycles. The number of phenolic OH excluding ortho intramolecular Hbond substituents is 1. The van der Waals surface area contributed by atoms with Crippen LogP contribution in [-0.4, -0.2) is 51.5 Å². The minimum Gasteiger partial charge on any atom is -0.504 e. The molecule has 0 heterocycles. The SMILES string of the molecule is CCNC(=NCC1(CCOC)CCCC1)NCCc1cccc(OC)c1O. The topological polar surface area (TPSA) is 75.1 Å². The van der Waals surface area contributed by atoms with Crippen LogP contribution in [0, 0.1) is 5.41 Å². The number of aliphatic imine (C=N–C) groups is 1. The van der Waals surface area contributed by atoms with Crippen LogP contribution in [0.4, 0.5) is 0 Å². The van der Waals surface area contributed by atoms with Gasteiger partial charge in [-0.1, -0.05) is 25.0 Å². The fourth-order valence-corrected chi connectivity index (χ4v) is 3.77. The van der Waals surface area contributed by atoms with Crippen LogP contribution in [0.15, 0.2) is 23.2 Å². The highest BCUT2D eigenvalue weighted by Gasteiger charge is 2.33. The van der Waals surface area contributed by atoms with E-state index in [-0.39, 0.29) is 11.2 Å². The second kappa shape index (κ2) is 11.0. The van der Waals surface area contributed by atoms with Crippen molar-refractivity contribution in [2.24, 2.45) is 10.4 Å². The van der Waals surface area contributed by atoms with Gasteiger partial charge in [0.15, 0.2) is 17.5 Å². The van der Waals surface area contributed by atoms with E-state index in [1.807, 2.05) is 12.1 Å². The highest BCUT2D eigenvalue weighted by Crippen LogP contribution is 2.41. The summed E-state index contributed by atoms with van der Waals surface area (Å²) in [6, 6.07) is 5.58. The minimum absolute atomic E-state index is 0.216. The Morgan fingerprint density at radius 2 is 2.00 bits per heavy atom. The zero-order chi connectivity index (χ0) is 19.5. The first-order chi connectivity index (χ1) is 13.1. The summed E-state index contributed by atoms with van der Waals surface area (Å²) in [5.41, 5.74) is 1.15. The van der Waals surface area contributed by atoms with Gasteiger partial charge in [0, 0.05) is 33.4 Å². The van der Waals surface area contributed by atoms with Gasteiger partial charge in [-0.05, 0) is 49.7 Å². The van der Waals surface area contributed by atoms with E-state index in [0.717, 1.165) is 37.6 Å². The first-order valence-electron chi connectivity index (χ1n) is 10.00. The van der Waals surface area contributed by atoms with Gasteiger partial charge in [-0.25, -0.2) is 0 Å². The van der Waals surface area contributed by atoms with Crippen LogP contribution in [0.2, 0.25) is 0 Å². The summed E-state index contributed by atoms with van der Waals surface area (Å²) >= 11 is 0. The third kappa shape index (κ3) is 6.31. The molecule has 1 aliphatic rings. The highest BCUT2D eigenvalue weighted by atomic mass is 16.5. The lowest BCUT2D eigenvalue weighted by Crippen LogP contribution is -2.39. The van der Waals surface area contributed by atoms with E-state index in [9.17, 15) is 5.11 Å². The van der Waals surface area contributed by atoms with Gasteiger partial charge in [0.25, 0.3) is 0 Å². The van der Waals surface area contributed by atoms with Gasteiger partial charge in [-0.2, -0.15) is 0 Å². The average molecular weight is 378 g/mol. The molecule has 1 aromatic carbocycles. The van der Waals surface area contributed by atoms with E-state index in [2.05, 4.69) is 17.6 Å². The quantitative estimate of drug-likeness (QED) is 0.432. The number of nitrogens with zero attached hydrogens (tertiary/aromatic N) is 1. The third-order valence-electron chi connectivity index (χ3n) is 5.41. The maximum atomic E-state index is 10.2. The van der Waals surface area contributed by atoms with Crippen LogP contribution in [0.5, 0.6) is 11.5 Å². The molecule has 1 saturated carbocycles. The zero-order valence-corrected chi connectivity index (χ0v) is 17.0. The zero-order valence-electron chi connectivity index (χ0n) is 17.0. The van der Waals surface area contributed by atoms with E-state index in [0.29, 0.717) is 18.7 Å². The average Bonchev–Trinajstić information content (AvgIpc) is 3.15. The number of rotatable bonds is 10. The van der Waals surface area contributed by atoms with Gasteiger partial charge in [-0.15, -0.1) is 0 Å². The first kappa shape index (κ1) is 21.4. The van der Waals surface area contributed by atoms with E-state index >= 15 is 0 Å². The summed E-state index contributed by atoms with van der Waals surface area (Å²) in [4.78, 5) is 4.86. The predicted octanol–water partition coefficient (Wildman–Crippen LogP) is 3.10. The molecule has 0 bridgehead atoms. The summed E-state index contributed by atoms with van der Waals surface area (Å²) < 4.78 is 10.5. The van der Waals surface area contributed by atoms with Crippen LogP contribution in [0.3, 0.4) is 0 Å². The molecule has 27 heavy (non-hydrogen) atoms. The molecule has 2 rings (SSSR count). The van der Waals surface area contributed by atoms with E-state index in [1.54, 1.807) is 20.3 Å². The highest BCUT2D eigenvalue weighted by molar-refractivity contribution is 5.79. The maximum absolute atomic E-state index is 10.2. The lowest BCUT2D eigenvalue weighted by atomic mass is 9.83. The molecule has 0 radical (unpaired) electrons. The van der Waals surface area contributed by atoms with E-state index in [1.165, 1.54) is 25.7 Å². The van der Waals surface area contributed by atoms with E-state index in [4.69, 9.17) is 14.5 Å². The van der Waals surface area contributed by atoms with Gasteiger partial charge < -0.3 is 25.2 Å². The second-order valence-electron chi connectivity index (χ2n) is 7.29. The number of guanidine groups is 1. The summed E-state index contributed by atoms with van der Waals surface area (Å²) in [6.45, 7) is 5.21. The molecular weight excluding hydrogens is 342 g/mol. The first-order valence-corrected chi connectivity index (χ1v) is 10.00. The standard InChI is InChI=1S/C21H35N3O3/c1-4-22-20(24-16-21(13-15-26-2)11-5-6-12-21)23-14-10-17-8-7-9-18(27-3)19(17)25/h7-9,25H,4-6,10-16H2,1-3H3,(H2,22,23,24). The summed E-state index contributed by atoms with van der Waals surface area (Å²) in [5, 5.41) is 16.9. The Bertz CT molecular complexity index is 598. The Morgan fingerprint density at radius 1 is 1.22 bits per heavy atom. The van der Waals surface area contributed by atoms with Gasteiger partial charge in [0.2, 0.25) is 0 Å². The van der Waals surface area contributed by atoms with Crippen molar-refractivity contribution in [1.29, 1.82) is 0 Å². The van der Waals surface area contributed by atoms with Crippen molar-refractivity contribution < 1.29 is 14.6 Å². The van der Waals surface area contributed by atoms with Crippen molar-refractivity contribution in [3.63, 3.8) is 0 Å².